The van der Waals surface area contributed by atoms with Crippen LogP contribution in [-0.4, -0.2) is 70.0 Å². The number of quaternary nitrogens is 1. The Hall–Kier alpha value is -2.55. The lowest BCUT2D eigenvalue weighted by atomic mass is 10.0. The summed E-state index contributed by atoms with van der Waals surface area (Å²) in [6, 6.07) is 0. The highest BCUT2D eigenvalue weighted by atomic mass is 31.2. The molecule has 0 N–H and O–H groups in total. The number of unbranched alkanes of at least 4 members (excludes halogenated alkanes) is 28. The Labute approximate surface area is 444 Å². The Morgan fingerprint density at radius 2 is 0.792 bits per heavy atom. The van der Waals surface area contributed by atoms with Crippen LogP contribution >= 0.6 is 7.82 Å². The van der Waals surface area contributed by atoms with E-state index in [-0.39, 0.29) is 32.0 Å². The molecule has 0 aliphatic carbocycles. The average Bonchev–Trinajstić information content (AvgIpc) is 3.34. The van der Waals surface area contributed by atoms with Crippen LogP contribution in [0.25, 0.3) is 0 Å². The summed E-state index contributed by atoms with van der Waals surface area (Å²) in [6.45, 7) is 4.11. The first kappa shape index (κ1) is 69.5. The molecule has 0 aromatic heterocycles. The summed E-state index contributed by atoms with van der Waals surface area (Å²) in [5, 5.41) is 0. The van der Waals surface area contributed by atoms with Gasteiger partial charge in [-0.25, -0.2) is 0 Å². The zero-order chi connectivity index (χ0) is 52.7. The van der Waals surface area contributed by atoms with Crippen LogP contribution in [0.1, 0.15) is 258 Å². The topological polar surface area (TPSA) is 111 Å². The van der Waals surface area contributed by atoms with Crippen LogP contribution in [0.3, 0.4) is 0 Å². The van der Waals surface area contributed by atoms with Crippen molar-refractivity contribution < 1.29 is 42.1 Å². The third-order valence-electron chi connectivity index (χ3n) is 12.7. The van der Waals surface area contributed by atoms with Crippen molar-refractivity contribution in [2.24, 2.45) is 0 Å². The van der Waals surface area contributed by atoms with E-state index in [1.807, 2.05) is 21.1 Å². The summed E-state index contributed by atoms with van der Waals surface area (Å²) < 4.78 is 34.2. The highest BCUT2D eigenvalue weighted by Gasteiger charge is 2.22. The predicted octanol–water partition coefficient (Wildman–Crippen LogP) is 17.8. The number of esters is 2. The fourth-order valence-electron chi connectivity index (χ4n) is 8.15. The number of phosphoric acid groups is 1. The Bertz CT molecular complexity index is 1450. The van der Waals surface area contributed by atoms with Gasteiger partial charge in [-0.05, 0) is 83.5 Å². The third kappa shape index (κ3) is 56.7. The Kier molecular flexibility index (Phi) is 51.4. The largest absolute Gasteiger partial charge is 0.756 e. The smallest absolute Gasteiger partial charge is 0.306 e. The van der Waals surface area contributed by atoms with E-state index < -0.39 is 26.5 Å². The molecule has 72 heavy (non-hydrogen) atoms. The van der Waals surface area contributed by atoms with E-state index in [0.29, 0.717) is 17.4 Å². The normalized spacial score (nSPS) is 13.8. The van der Waals surface area contributed by atoms with Crippen molar-refractivity contribution in [3.63, 3.8) is 0 Å². The second-order valence-corrected chi connectivity index (χ2v) is 22.4. The lowest BCUT2D eigenvalue weighted by Crippen LogP contribution is -2.37. The van der Waals surface area contributed by atoms with Gasteiger partial charge in [-0.15, -0.1) is 0 Å². The van der Waals surface area contributed by atoms with E-state index >= 15 is 0 Å². The number of phosphoric ester groups is 1. The van der Waals surface area contributed by atoms with Crippen LogP contribution in [0.4, 0.5) is 0 Å². The lowest BCUT2D eigenvalue weighted by Gasteiger charge is -2.28. The Morgan fingerprint density at radius 3 is 1.18 bits per heavy atom. The number of allylic oxidation sites excluding steroid dienone is 12. The number of hydrogen-bond acceptors (Lipinski definition) is 8. The molecule has 10 heteroatoms. The molecule has 9 nitrogen and oxygen atoms in total. The maximum Gasteiger partial charge on any atom is 0.306 e. The summed E-state index contributed by atoms with van der Waals surface area (Å²) >= 11 is 0. The molecule has 0 saturated heterocycles. The maximum absolute atomic E-state index is 12.8. The monoisotopic (exact) mass is 1030 g/mol. The van der Waals surface area contributed by atoms with Gasteiger partial charge in [0, 0.05) is 12.8 Å². The third-order valence-corrected chi connectivity index (χ3v) is 13.7. The average molecular weight is 1030 g/mol. The molecule has 0 aliphatic heterocycles. The van der Waals surface area contributed by atoms with Gasteiger partial charge in [-0.3, -0.25) is 14.2 Å². The van der Waals surface area contributed by atoms with E-state index in [0.717, 1.165) is 83.5 Å². The second kappa shape index (κ2) is 53.3. The SMILES string of the molecule is CC/C=C\C/C=C\C/C=C\C/C=C\CCCCCCCCCCCCCCCCCCCCC(=O)OC(COC(=O)CCCCCCCCC/C=C\C/C=C\CCCCC)COP(=O)([O-])OCC[N+](C)(C)C. The van der Waals surface area contributed by atoms with Crippen LogP contribution in [0.15, 0.2) is 72.9 Å². The number of ether oxygens (including phenoxy) is 2. The van der Waals surface area contributed by atoms with Gasteiger partial charge in [0.1, 0.15) is 19.8 Å². The van der Waals surface area contributed by atoms with E-state index in [9.17, 15) is 19.0 Å². The minimum absolute atomic E-state index is 0.0332. The van der Waals surface area contributed by atoms with Crippen LogP contribution in [0.2, 0.25) is 0 Å². The quantitative estimate of drug-likeness (QED) is 0.0195. The highest BCUT2D eigenvalue weighted by molar-refractivity contribution is 7.45. The maximum atomic E-state index is 12.8. The van der Waals surface area contributed by atoms with Gasteiger partial charge < -0.3 is 27.9 Å². The molecule has 418 valence electrons. The fraction of sp³-hybridized carbons (Fsp3) is 0.774. The number of carbonyl (C=O) groups excluding carboxylic acids is 2. The number of likely N-dealkylation sites (N-methyl/N-ethyl adjacent to an activating group) is 1. The van der Waals surface area contributed by atoms with Crippen molar-refractivity contribution in [2.45, 2.75) is 264 Å². The first-order chi connectivity index (χ1) is 35.0. The molecule has 0 aromatic rings. The molecule has 2 unspecified atom stereocenters. The van der Waals surface area contributed by atoms with Crippen LogP contribution in [0, 0.1) is 0 Å². The molecule has 0 radical (unpaired) electrons. The minimum atomic E-state index is -4.64. The van der Waals surface area contributed by atoms with Crippen molar-refractivity contribution in [2.75, 3.05) is 47.5 Å². The molecule has 0 heterocycles. The summed E-state index contributed by atoms with van der Waals surface area (Å²) in [5.41, 5.74) is 0. The van der Waals surface area contributed by atoms with Crippen molar-refractivity contribution in [3.8, 4) is 0 Å². The molecule has 0 fully saturated rings. The van der Waals surface area contributed by atoms with E-state index in [1.165, 1.54) is 141 Å². The van der Waals surface area contributed by atoms with Gasteiger partial charge in [-0.2, -0.15) is 0 Å². The van der Waals surface area contributed by atoms with Gasteiger partial charge in [-0.1, -0.05) is 234 Å². The predicted molar refractivity (Wildman–Crippen MR) is 305 cm³/mol. The molecule has 0 amide bonds. The summed E-state index contributed by atoms with van der Waals surface area (Å²) in [4.78, 5) is 37.9. The highest BCUT2D eigenvalue weighted by Crippen LogP contribution is 2.38. The molecule has 0 saturated carbocycles. The van der Waals surface area contributed by atoms with E-state index in [1.54, 1.807) is 0 Å². The van der Waals surface area contributed by atoms with Gasteiger partial charge in [0.25, 0.3) is 7.82 Å². The van der Waals surface area contributed by atoms with Crippen molar-refractivity contribution in [1.82, 2.24) is 0 Å². The zero-order valence-corrected chi connectivity index (χ0v) is 48.3. The first-order valence-electron chi connectivity index (χ1n) is 29.6. The molecule has 0 bridgehead atoms. The van der Waals surface area contributed by atoms with E-state index in [2.05, 4.69) is 86.8 Å². The van der Waals surface area contributed by atoms with Crippen molar-refractivity contribution in [3.05, 3.63) is 72.9 Å². The Balaban J connectivity index is 4.08. The lowest BCUT2D eigenvalue weighted by molar-refractivity contribution is -0.870. The molecule has 2 atom stereocenters. The van der Waals surface area contributed by atoms with Crippen LogP contribution in [-0.2, 0) is 32.7 Å². The molecule has 0 spiro atoms. The minimum Gasteiger partial charge on any atom is -0.756 e. The standard InChI is InChI=1S/C62H112NO8P/c1-6-8-10-12-14-16-18-20-22-24-25-26-27-28-29-30-31-32-33-34-35-36-37-39-41-43-45-47-49-51-53-55-62(65)71-60(59-70-72(66,67)69-57-56-63(3,4)5)58-68-61(64)54-52-50-48-46-44-42-40-38-23-21-19-17-15-13-11-9-7-2/h8,10,14-17,20-23,25-26,60H,6-7,9,11-13,18-19,24,27-59H2,1-5H3/b10-8-,16-14-,17-15-,22-20-,23-21-,26-25-. The summed E-state index contributed by atoms with van der Waals surface area (Å²) in [7, 11) is 1.16. The number of nitrogens with zero attached hydrogens (tertiary/aromatic N) is 1. The van der Waals surface area contributed by atoms with Crippen LogP contribution < -0.4 is 4.89 Å². The molecule has 0 aromatic carbocycles. The summed E-state index contributed by atoms with van der Waals surface area (Å²) in [6.07, 6.45) is 69.5. The number of hydrogen-bond donors (Lipinski definition) is 0. The first-order valence-corrected chi connectivity index (χ1v) is 31.1. The Morgan fingerprint density at radius 1 is 0.444 bits per heavy atom. The molecule has 0 aliphatic rings. The van der Waals surface area contributed by atoms with Gasteiger partial charge in [0.15, 0.2) is 6.10 Å². The van der Waals surface area contributed by atoms with Gasteiger partial charge in [0.05, 0.1) is 27.7 Å². The molecule has 0 rings (SSSR count). The van der Waals surface area contributed by atoms with E-state index in [4.69, 9.17) is 18.5 Å². The fourth-order valence-corrected chi connectivity index (χ4v) is 8.88. The second-order valence-electron chi connectivity index (χ2n) is 21.0. The molecular formula is C62H112NO8P. The zero-order valence-electron chi connectivity index (χ0n) is 47.4. The van der Waals surface area contributed by atoms with Crippen molar-refractivity contribution in [1.29, 1.82) is 0 Å². The van der Waals surface area contributed by atoms with Gasteiger partial charge in [0.2, 0.25) is 0 Å². The summed E-state index contributed by atoms with van der Waals surface area (Å²) in [5.74, 6) is -0.836. The van der Waals surface area contributed by atoms with Gasteiger partial charge >= 0.3 is 11.9 Å². The number of carbonyl (C=O) groups is 2. The van der Waals surface area contributed by atoms with Crippen molar-refractivity contribution >= 4 is 19.8 Å². The molecular weight excluding hydrogens is 918 g/mol. The van der Waals surface area contributed by atoms with Crippen LogP contribution in [0.5, 0.6) is 0 Å². The number of rotatable bonds is 54.